The average molecular weight is 707 g/mol. The number of nitrogens with one attached hydrogen (secondary N) is 2. The van der Waals surface area contributed by atoms with E-state index < -0.39 is 17.6 Å². The van der Waals surface area contributed by atoms with Crippen LogP contribution in [0.4, 0.5) is 16.2 Å². The van der Waals surface area contributed by atoms with E-state index in [-0.39, 0.29) is 24.0 Å². The maximum Gasteiger partial charge on any atom is 0.407 e. The summed E-state index contributed by atoms with van der Waals surface area (Å²) in [5.74, 6) is 0.173. The van der Waals surface area contributed by atoms with Gasteiger partial charge in [0.1, 0.15) is 11.4 Å². The molecule has 3 aliphatic rings. The number of carbonyl (C=O) groups excluding carboxylic acids is 3. The Labute approximate surface area is 306 Å². The molecule has 3 aromatic rings. The fourth-order valence-electron chi connectivity index (χ4n) is 7.03. The van der Waals surface area contributed by atoms with Crippen LogP contribution in [0.3, 0.4) is 0 Å². The zero-order valence-electron chi connectivity index (χ0n) is 30.5. The van der Waals surface area contributed by atoms with Crippen LogP contribution in [-0.2, 0) is 25.5 Å². The van der Waals surface area contributed by atoms with Crippen molar-refractivity contribution in [3.05, 3.63) is 83.9 Å². The van der Waals surface area contributed by atoms with Gasteiger partial charge in [0, 0.05) is 54.8 Å². The minimum atomic E-state index is -0.546. The van der Waals surface area contributed by atoms with Crippen LogP contribution in [-0.4, -0.2) is 68.7 Å². The molecule has 0 radical (unpaired) electrons. The molecule has 1 atom stereocenters. The van der Waals surface area contributed by atoms with Crippen LogP contribution in [0.2, 0.25) is 0 Å². The predicted octanol–water partition coefficient (Wildman–Crippen LogP) is 7.45. The van der Waals surface area contributed by atoms with Gasteiger partial charge in [0.05, 0.1) is 13.2 Å². The number of morpholine rings is 1. The number of hydrogen-bond acceptors (Lipinski definition) is 9. The molecule has 11 heteroatoms. The number of hydrogen-bond donors (Lipinski definition) is 2. The van der Waals surface area contributed by atoms with Gasteiger partial charge in [-0.05, 0) is 112 Å². The van der Waals surface area contributed by atoms with Crippen LogP contribution in [0, 0.1) is 17.8 Å². The van der Waals surface area contributed by atoms with Crippen molar-refractivity contribution in [3.8, 4) is 11.1 Å². The van der Waals surface area contributed by atoms with E-state index in [0.717, 1.165) is 74.2 Å². The smallest absolute Gasteiger partial charge is 0.407 e. The molecular formula is C41H50N6O5. The molecule has 0 unspecified atom stereocenters. The number of anilines is 2. The van der Waals surface area contributed by atoms with E-state index in [4.69, 9.17) is 9.47 Å². The molecule has 52 heavy (non-hydrogen) atoms. The fraction of sp³-hybridized carbons (Fsp3) is 0.463. The van der Waals surface area contributed by atoms with Crippen molar-refractivity contribution in [1.29, 1.82) is 0 Å². The zero-order valence-corrected chi connectivity index (χ0v) is 30.5. The van der Waals surface area contributed by atoms with Crippen molar-refractivity contribution in [2.75, 3.05) is 49.7 Å². The van der Waals surface area contributed by atoms with E-state index in [0.29, 0.717) is 37.1 Å². The van der Waals surface area contributed by atoms with E-state index in [1.807, 2.05) is 45.0 Å². The highest BCUT2D eigenvalue weighted by Gasteiger charge is 2.31. The monoisotopic (exact) mass is 706 g/mol. The van der Waals surface area contributed by atoms with Gasteiger partial charge in [-0.15, -0.1) is 5.11 Å². The summed E-state index contributed by atoms with van der Waals surface area (Å²) in [6, 6.07) is 24.3. The lowest BCUT2D eigenvalue weighted by Gasteiger charge is -2.29. The molecule has 0 spiro atoms. The Kier molecular flexibility index (Phi) is 12.1. The first kappa shape index (κ1) is 36.9. The van der Waals surface area contributed by atoms with Gasteiger partial charge in [-0.2, -0.15) is 5.11 Å². The van der Waals surface area contributed by atoms with Gasteiger partial charge in [-0.25, -0.2) is 9.79 Å². The lowest BCUT2D eigenvalue weighted by molar-refractivity contribution is -0.129. The zero-order chi connectivity index (χ0) is 36.5. The van der Waals surface area contributed by atoms with Gasteiger partial charge >= 0.3 is 6.09 Å². The number of amidine groups is 1. The van der Waals surface area contributed by atoms with Crippen LogP contribution in [0.15, 0.2) is 88.0 Å². The number of benzene rings is 3. The molecule has 2 aliphatic heterocycles. The third-order valence-electron chi connectivity index (χ3n) is 9.93. The van der Waals surface area contributed by atoms with Crippen molar-refractivity contribution in [2.24, 2.45) is 33.0 Å². The Bertz CT molecular complexity index is 1730. The predicted molar refractivity (Wildman–Crippen MR) is 203 cm³/mol. The molecular weight excluding hydrogens is 656 g/mol. The summed E-state index contributed by atoms with van der Waals surface area (Å²) in [7, 11) is 0. The highest BCUT2D eigenvalue weighted by Crippen LogP contribution is 2.32. The number of aliphatic imine (C=N–C) groups is 1. The number of amides is 2. The van der Waals surface area contributed by atoms with E-state index in [1.54, 1.807) is 0 Å². The molecule has 2 fully saturated rings. The number of alkyl carbamates (subject to hydrolysis) is 1. The number of ketones is 1. The molecule has 3 aromatic carbocycles. The average Bonchev–Trinajstić information content (AvgIpc) is 3.70. The molecule has 0 bridgehead atoms. The minimum absolute atomic E-state index is 0.100. The molecule has 0 aromatic heterocycles. The van der Waals surface area contributed by atoms with Gasteiger partial charge in [-0.3, -0.25) is 9.59 Å². The topological polar surface area (TPSA) is 134 Å². The highest BCUT2D eigenvalue weighted by atomic mass is 16.6. The first-order chi connectivity index (χ1) is 25.1. The Morgan fingerprint density at radius 3 is 2.12 bits per heavy atom. The second kappa shape index (κ2) is 17.1. The van der Waals surface area contributed by atoms with Crippen LogP contribution in [0.1, 0.15) is 64.0 Å². The van der Waals surface area contributed by atoms with E-state index in [1.165, 1.54) is 5.69 Å². The maximum absolute atomic E-state index is 13.8. The van der Waals surface area contributed by atoms with Gasteiger partial charge in [-0.1, -0.05) is 36.4 Å². The number of azo groups is 1. The third kappa shape index (κ3) is 10.3. The molecule has 2 amide bonds. The van der Waals surface area contributed by atoms with Crippen molar-refractivity contribution < 1.29 is 23.9 Å². The van der Waals surface area contributed by atoms with Crippen molar-refractivity contribution in [2.45, 2.75) is 64.9 Å². The largest absolute Gasteiger partial charge is 0.444 e. The van der Waals surface area contributed by atoms with Crippen molar-refractivity contribution in [1.82, 2.24) is 5.32 Å². The fourth-order valence-corrected chi connectivity index (χ4v) is 7.03. The Morgan fingerprint density at radius 2 is 1.50 bits per heavy atom. The summed E-state index contributed by atoms with van der Waals surface area (Å²) in [6.07, 6.45) is 3.37. The summed E-state index contributed by atoms with van der Waals surface area (Å²) in [6.45, 7) is 9.68. The Morgan fingerprint density at radius 1 is 0.865 bits per heavy atom. The Hall–Kier alpha value is -4.90. The molecule has 1 aliphatic carbocycles. The summed E-state index contributed by atoms with van der Waals surface area (Å²) in [5, 5.41) is 13.9. The summed E-state index contributed by atoms with van der Waals surface area (Å²) in [4.78, 5) is 46.3. The van der Waals surface area contributed by atoms with Gasteiger partial charge < -0.3 is 25.0 Å². The SMILES string of the molecule is CC(C)(C)OC(=O)NCC1CCC(C(=O)C[C@@H](Cc2ccc(-c3ccc(N4CCOCC4)cc3)cc2)C(=O)Nc2ccc(C3=NCN=N3)cc2)CC1. The normalized spacial score (nSPS) is 19.4. The van der Waals surface area contributed by atoms with E-state index in [2.05, 4.69) is 79.3 Å². The molecule has 6 rings (SSSR count). The molecule has 1 saturated heterocycles. The van der Waals surface area contributed by atoms with Gasteiger partial charge in [0.25, 0.3) is 0 Å². The lowest BCUT2D eigenvalue weighted by Crippen LogP contribution is -2.37. The highest BCUT2D eigenvalue weighted by molar-refractivity contribution is 6.01. The second-order valence-corrected chi connectivity index (χ2v) is 14.9. The lowest BCUT2D eigenvalue weighted by atomic mass is 9.77. The second-order valence-electron chi connectivity index (χ2n) is 14.9. The molecule has 2 heterocycles. The maximum atomic E-state index is 13.8. The number of nitrogens with zero attached hydrogens (tertiary/aromatic N) is 4. The van der Waals surface area contributed by atoms with E-state index in [9.17, 15) is 14.4 Å². The first-order valence-electron chi connectivity index (χ1n) is 18.4. The van der Waals surface area contributed by atoms with Crippen LogP contribution >= 0.6 is 0 Å². The third-order valence-corrected chi connectivity index (χ3v) is 9.93. The van der Waals surface area contributed by atoms with Crippen LogP contribution in [0.25, 0.3) is 11.1 Å². The molecule has 274 valence electrons. The van der Waals surface area contributed by atoms with Gasteiger partial charge in [0.15, 0.2) is 12.5 Å². The summed E-state index contributed by atoms with van der Waals surface area (Å²) < 4.78 is 10.9. The van der Waals surface area contributed by atoms with Crippen LogP contribution in [0.5, 0.6) is 0 Å². The van der Waals surface area contributed by atoms with Crippen LogP contribution < -0.4 is 15.5 Å². The molecule has 2 N–H and O–H groups in total. The van der Waals surface area contributed by atoms with E-state index >= 15 is 0 Å². The van der Waals surface area contributed by atoms with Gasteiger partial charge in [0.2, 0.25) is 5.91 Å². The minimum Gasteiger partial charge on any atom is -0.444 e. The summed E-state index contributed by atoms with van der Waals surface area (Å²) in [5.41, 5.74) is 5.35. The standard InChI is InChI=1S/C41H50N6O5/c1-41(2,3)52-40(50)42-26-29-6-10-32(11-7-29)37(48)25-34(39(49)45-35-16-12-33(13-17-35)38-43-27-44-46-38)24-28-4-8-30(9-5-28)31-14-18-36(19-15-31)47-20-22-51-23-21-47/h4-5,8-9,12-19,29,32,34H,6-7,10-11,20-27H2,1-3H3,(H,42,50)(H,45,49)/t29?,32?,34-/m1/s1. The number of Topliss-reactive ketones (excluding diaryl/α,β-unsaturated/α-hetero) is 1. The van der Waals surface area contributed by atoms with Crippen molar-refractivity contribution >= 4 is 35.0 Å². The molecule has 11 nitrogen and oxygen atoms in total. The van der Waals surface area contributed by atoms with Crippen molar-refractivity contribution in [3.63, 3.8) is 0 Å². The number of rotatable bonds is 12. The number of ether oxygens (including phenoxy) is 2. The first-order valence-corrected chi connectivity index (χ1v) is 18.4. The molecule has 1 saturated carbocycles. The number of carbonyl (C=O) groups is 3. The summed E-state index contributed by atoms with van der Waals surface area (Å²) >= 11 is 0. The quantitative estimate of drug-likeness (QED) is 0.201. The Balaban J connectivity index is 1.09.